The Hall–Kier alpha value is -0.730. The van der Waals surface area contributed by atoms with Gasteiger partial charge in [0.25, 0.3) is 0 Å². The summed E-state index contributed by atoms with van der Waals surface area (Å²) in [4.78, 5) is 13.6. The third kappa shape index (κ3) is 3.64. The Labute approximate surface area is 125 Å². The second-order valence-corrected chi connectivity index (χ2v) is 5.68. The fourth-order valence-corrected chi connectivity index (χ4v) is 2.54. The first-order chi connectivity index (χ1) is 8.93. The minimum atomic E-state index is -0.160. The van der Waals surface area contributed by atoms with E-state index in [4.69, 9.17) is 23.2 Å². The molecule has 0 aliphatic carbocycles. The Morgan fingerprint density at radius 1 is 1.11 bits per heavy atom. The fourth-order valence-electron chi connectivity index (χ4n) is 2.15. The number of para-hydroxylation sites is 1. The van der Waals surface area contributed by atoms with Gasteiger partial charge in [0.2, 0.25) is 5.91 Å². The fraction of sp³-hybridized carbons (Fsp3) is 0.533. The van der Waals surface area contributed by atoms with Crippen LogP contribution in [0.3, 0.4) is 0 Å². The number of rotatable bonds is 5. The number of alkyl halides is 2. The van der Waals surface area contributed by atoms with Crippen LogP contribution >= 0.6 is 23.2 Å². The van der Waals surface area contributed by atoms with Crippen LogP contribution in [0, 0.1) is 0 Å². The van der Waals surface area contributed by atoms with Crippen LogP contribution in [0.4, 0.5) is 5.69 Å². The van der Waals surface area contributed by atoms with Gasteiger partial charge in [0, 0.05) is 0 Å². The third-order valence-corrected chi connectivity index (χ3v) is 3.61. The molecule has 0 atom stereocenters. The number of carbonyl (C=O) groups is 1. The molecule has 0 saturated heterocycles. The third-order valence-electron chi connectivity index (χ3n) is 3.15. The highest BCUT2D eigenvalue weighted by molar-refractivity contribution is 6.31. The van der Waals surface area contributed by atoms with E-state index in [0.717, 1.165) is 16.8 Å². The van der Waals surface area contributed by atoms with Crippen molar-refractivity contribution in [2.24, 2.45) is 0 Å². The normalized spacial score (nSPS) is 11.2. The second kappa shape index (κ2) is 7.16. The van der Waals surface area contributed by atoms with Crippen molar-refractivity contribution in [3.05, 3.63) is 29.3 Å². The van der Waals surface area contributed by atoms with Gasteiger partial charge in [-0.1, -0.05) is 45.9 Å². The zero-order valence-corrected chi connectivity index (χ0v) is 13.4. The molecule has 0 unspecified atom stereocenters. The van der Waals surface area contributed by atoms with E-state index in [1.54, 1.807) is 4.90 Å². The van der Waals surface area contributed by atoms with Crippen LogP contribution in [0.15, 0.2) is 18.2 Å². The minimum Gasteiger partial charge on any atom is -0.297 e. The predicted molar refractivity (Wildman–Crippen MR) is 83.5 cm³/mol. The summed E-state index contributed by atoms with van der Waals surface area (Å²) in [5.74, 6) is 0.424. The number of hydrogen-bond acceptors (Lipinski definition) is 1. The average Bonchev–Trinajstić information content (AvgIpc) is 2.38. The van der Waals surface area contributed by atoms with Gasteiger partial charge in [-0.15, -0.1) is 23.2 Å². The molecule has 0 spiro atoms. The summed E-state index contributed by atoms with van der Waals surface area (Å²) in [5, 5.41) is 0. The number of benzene rings is 1. The summed E-state index contributed by atoms with van der Waals surface area (Å²) in [6, 6.07) is 6.25. The van der Waals surface area contributed by atoms with E-state index in [1.807, 2.05) is 18.2 Å². The van der Waals surface area contributed by atoms with Gasteiger partial charge in [0.15, 0.2) is 0 Å². The molecular weight excluding hydrogens is 281 g/mol. The van der Waals surface area contributed by atoms with Crippen molar-refractivity contribution in [1.82, 2.24) is 0 Å². The molecule has 0 saturated carbocycles. The Morgan fingerprint density at radius 3 is 1.89 bits per heavy atom. The summed E-state index contributed by atoms with van der Waals surface area (Å²) >= 11 is 11.7. The van der Waals surface area contributed by atoms with E-state index in [2.05, 4.69) is 27.7 Å². The predicted octanol–water partition coefficient (Wildman–Crippen LogP) is 4.70. The monoisotopic (exact) mass is 301 g/mol. The highest BCUT2D eigenvalue weighted by Gasteiger charge is 2.22. The summed E-state index contributed by atoms with van der Waals surface area (Å²) in [7, 11) is 0. The number of anilines is 1. The van der Waals surface area contributed by atoms with E-state index in [1.165, 1.54) is 0 Å². The van der Waals surface area contributed by atoms with Crippen molar-refractivity contribution in [3.8, 4) is 0 Å². The van der Waals surface area contributed by atoms with Crippen molar-refractivity contribution in [2.75, 3.05) is 16.8 Å². The van der Waals surface area contributed by atoms with Gasteiger partial charge in [-0.2, -0.15) is 0 Å². The van der Waals surface area contributed by atoms with Crippen LogP contribution in [-0.2, 0) is 4.79 Å². The van der Waals surface area contributed by atoms with Crippen LogP contribution in [0.2, 0.25) is 0 Å². The molecule has 1 aromatic rings. The largest absolute Gasteiger partial charge is 0.297 e. The van der Waals surface area contributed by atoms with Crippen LogP contribution in [-0.4, -0.2) is 17.8 Å². The summed E-state index contributed by atoms with van der Waals surface area (Å²) < 4.78 is 0. The summed E-state index contributed by atoms with van der Waals surface area (Å²) in [6.07, 6.45) is 0. The Kier molecular flexibility index (Phi) is 6.15. The summed E-state index contributed by atoms with van der Waals surface area (Å²) in [6.45, 7) is 8.45. The molecule has 0 aliphatic heterocycles. The van der Waals surface area contributed by atoms with Gasteiger partial charge in [-0.05, 0) is 23.0 Å². The molecule has 1 amide bonds. The van der Waals surface area contributed by atoms with E-state index in [0.29, 0.717) is 11.8 Å². The maximum atomic E-state index is 12.0. The van der Waals surface area contributed by atoms with Crippen molar-refractivity contribution in [2.45, 2.75) is 39.5 Å². The van der Waals surface area contributed by atoms with Crippen molar-refractivity contribution >= 4 is 34.8 Å². The zero-order chi connectivity index (χ0) is 14.6. The van der Waals surface area contributed by atoms with Gasteiger partial charge in [0.1, 0.15) is 11.9 Å². The SMILES string of the molecule is CC(C)c1cccc(C(C)C)c1N(CCl)C(=O)CCl. The molecular formula is C15H21Cl2NO. The first kappa shape index (κ1) is 16.3. The van der Waals surface area contributed by atoms with Crippen LogP contribution in [0.5, 0.6) is 0 Å². The lowest BCUT2D eigenvalue weighted by Crippen LogP contribution is -2.32. The Morgan fingerprint density at radius 2 is 1.58 bits per heavy atom. The number of carbonyl (C=O) groups excluding carboxylic acids is 1. The maximum absolute atomic E-state index is 12.0. The molecule has 1 aromatic carbocycles. The zero-order valence-electron chi connectivity index (χ0n) is 11.9. The molecule has 0 aromatic heterocycles. The second-order valence-electron chi connectivity index (χ2n) is 5.17. The lowest BCUT2D eigenvalue weighted by atomic mass is 9.92. The molecule has 0 fully saturated rings. The van der Waals surface area contributed by atoms with Gasteiger partial charge >= 0.3 is 0 Å². The first-order valence-corrected chi connectivity index (χ1v) is 7.56. The Bertz CT molecular complexity index is 418. The molecule has 1 rings (SSSR count). The average molecular weight is 302 g/mol. The number of halogens is 2. The molecule has 19 heavy (non-hydrogen) atoms. The number of hydrogen-bond donors (Lipinski definition) is 0. The van der Waals surface area contributed by atoms with Crippen LogP contribution < -0.4 is 4.90 Å². The topological polar surface area (TPSA) is 20.3 Å². The van der Waals surface area contributed by atoms with Gasteiger partial charge in [-0.3, -0.25) is 9.69 Å². The molecule has 0 bridgehead atoms. The highest BCUT2D eigenvalue weighted by Crippen LogP contribution is 2.35. The lowest BCUT2D eigenvalue weighted by molar-refractivity contribution is -0.116. The van der Waals surface area contributed by atoms with Crippen LogP contribution in [0.25, 0.3) is 0 Å². The number of nitrogens with zero attached hydrogens (tertiary/aromatic N) is 1. The molecule has 106 valence electrons. The standard InChI is InChI=1S/C15H21Cl2NO/c1-10(2)12-6-5-7-13(11(3)4)15(12)18(9-17)14(19)8-16/h5-7,10-11H,8-9H2,1-4H3. The molecule has 0 N–H and O–H groups in total. The lowest BCUT2D eigenvalue weighted by Gasteiger charge is -2.28. The summed E-state index contributed by atoms with van der Waals surface area (Å²) in [5.41, 5.74) is 3.18. The van der Waals surface area contributed by atoms with Crippen molar-refractivity contribution < 1.29 is 4.79 Å². The Balaban J connectivity index is 3.46. The smallest absolute Gasteiger partial charge is 0.242 e. The van der Waals surface area contributed by atoms with Gasteiger partial charge < -0.3 is 0 Å². The van der Waals surface area contributed by atoms with E-state index in [9.17, 15) is 4.79 Å². The van der Waals surface area contributed by atoms with E-state index < -0.39 is 0 Å². The molecule has 4 heteroatoms. The van der Waals surface area contributed by atoms with Gasteiger partial charge in [0.05, 0.1) is 5.69 Å². The molecule has 0 aliphatic rings. The molecule has 2 nitrogen and oxygen atoms in total. The highest BCUT2D eigenvalue weighted by atomic mass is 35.5. The molecule has 0 radical (unpaired) electrons. The minimum absolute atomic E-state index is 0.0588. The van der Waals surface area contributed by atoms with Crippen molar-refractivity contribution in [1.29, 1.82) is 0 Å². The quantitative estimate of drug-likeness (QED) is 0.570. The number of amides is 1. The van der Waals surface area contributed by atoms with Crippen molar-refractivity contribution in [3.63, 3.8) is 0 Å². The maximum Gasteiger partial charge on any atom is 0.242 e. The van der Waals surface area contributed by atoms with E-state index >= 15 is 0 Å². The first-order valence-electron chi connectivity index (χ1n) is 6.49. The van der Waals surface area contributed by atoms with Crippen LogP contribution in [0.1, 0.15) is 50.7 Å². The van der Waals surface area contributed by atoms with Gasteiger partial charge in [-0.25, -0.2) is 0 Å². The van der Waals surface area contributed by atoms with E-state index in [-0.39, 0.29) is 17.8 Å². The molecule has 0 heterocycles.